The van der Waals surface area contributed by atoms with Gasteiger partial charge in [0.15, 0.2) is 0 Å². The summed E-state index contributed by atoms with van der Waals surface area (Å²) in [6, 6.07) is 18.9. The lowest BCUT2D eigenvalue weighted by Gasteiger charge is -2.43. The minimum absolute atomic E-state index is 0.00778. The molecule has 38 heavy (non-hydrogen) atoms. The molecule has 2 aliphatic rings. The van der Waals surface area contributed by atoms with Crippen molar-refractivity contribution in [3.63, 3.8) is 0 Å². The zero-order valence-corrected chi connectivity index (χ0v) is 22.7. The van der Waals surface area contributed by atoms with Crippen molar-refractivity contribution in [2.45, 2.75) is 57.2 Å². The highest BCUT2D eigenvalue weighted by molar-refractivity contribution is 5.93. The Morgan fingerprint density at radius 1 is 1.16 bits per heavy atom. The van der Waals surface area contributed by atoms with Crippen LogP contribution < -0.4 is 11.1 Å². The van der Waals surface area contributed by atoms with Gasteiger partial charge in [-0.3, -0.25) is 14.4 Å². The van der Waals surface area contributed by atoms with Gasteiger partial charge >= 0.3 is 0 Å². The molecule has 0 radical (unpaired) electrons. The highest BCUT2D eigenvalue weighted by Crippen LogP contribution is 2.49. The van der Waals surface area contributed by atoms with Gasteiger partial charge in [0.05, 0.1) is 24.2 Å². The Morgan fingerprint density at radius 3 is 2.47 bits per heavy atom. The highest BCUT2D eigenvalue weighted by atomic mass is 16.5. The van der Waals surface area contributed by atoms with Crippen molar-refractivity contribution in [1.82, 2.24) is 15.1 Å². The number of amides is 3. The van der Waals surface area contributed by atoms with Crippen molar-refractivity contribution in [3.05, 3.63) is 71.8 Å². The average Bonchev–Trinajstić information content (AvgIpc) is 3.17. The molecule has 2 saturated heterocycles. The second-order valence-electron chi connectivity index (χ2n) is 11.0. The summed E-state index contributed by atoms with van der Waals surface area (Å²) in [6.07, 6.45) is 1.86. The number of benzene rings is 2. The van der Waals surface area contributed by atoms with Crippen molar-refractivity contribution in [2.24, 2.45) is 11.1 Å². The van der Waals surface area contributed by atoms with E-state index >= 15 is 0 Å². The lowest BCUT2D eigenvalue weighted by molar-refractivity contribution is -0.147. The molecule has 1 spiro atoms. The van der Waals surface area contributed by atoms with Gasteiger partial charge < -0.3 is 25.6 Å². The maximum absolute atomic E-state index is 13.9. The van der Waals surface area contributed by atoms with E-state index in [9.17, 15) is 14.4 Å². The molecule has 2 aliphatic heterocycles. The molecule has 2 aromatic carbocycles. The van der Waals surface area contributed by atoms with Crippen molar-refractivity contribution in [2.75, 3.05) is 33.3 Å². The number of carbonyl (C=O) groups is 3. The lowest BCUT2D eigenvalue weighted by Crippen LogP contribution is -2.61. The topological polar surface area (TPSA) is 105 Å². The Balaban J connectivity index is 1.55. The first-order valence-corrected chi connectivity index (χ1v) is 13.5. The first-order valence-electron chi connectivity index (χ1n) is 13.5. The quantitative estimate of drug-likeness (QED) is 0.529. The molecule has 4 atom stereocenters. The summed E-state index contributed by atoms with van der Waals surface area (Å²) >= 11 is 0. The van der Waals surface area contributed by atoms with Crippen LogP contribution in [-0.4, -0.2) is 72.4 Å². The van der Waals surface area contributed by atoms with Crippen molar-refractivity contribution >= 4 is 17.7 Å². The van der Waals surface area contributed by atoms with Gasteiger partial charge in [0.2, 0.25) is 17.7 Å². The van der Waals surface area contributed by atoms with Gasteiger partial charge in [0.25, 0.3) is 0 Å². The van der Waals surface area contributed by atoms with Crippen LogP contribution in [0.3, 0.4) is 0 Å². The number of hydrogen-bond donors (Lipinski definition) is 2. The highest BCUT2D eigenvalue weighted by Gasteiger charge is 2.55. The molecule has 8 heteroatoms. The fourth-order valence-corrected chi connectivity index (χ4v) is 5.65. The molecule has 2 heterocycles. The summed E-state index contributed by atoms with van der Waals surface area (Å²) in [6.45, 7) is 5.28. The van der Waals surface area contributed by atoms with Gasteiger partial charge in [-0.05, 0) is 37.3 Å². The summed E-state index contributed by atoms with van der Waals surface area (Å²) in [5.41, 5.74) is 6.48. The number of ether oxygens (including phenoxy) is 1. The molecule has 8 nitrogen and oxygen atoms in total. The molecule has 0 bridgehead atoms. The maximum Gasteiger partial charge on any atom is 0.247 e. The fraction of sp³-hybridized carbons (Fsp3) is 0.500. The zero-order chi connectivity index (χ0) is 27.3. The zero-order valence-electron chi connectivity index (χ0n) is 22.7. The van der Waals surface area contributed by atoms with Crippen LogP contribution in [0.5, 0.6) is 0 Å². The predicted molar refractivity (Wildman–Crippen MR) is 146 cm³/mol. The summed E-state index contributed by atoms with van der Waals surface area (Å²) in [4.78, 5) is 44.0. The summed E-state index contributed by atoms with van der Waals surface area (Å²) in [5.74, 6) is -0.573. The van der Waals surface area contributed by atoms with Gasteiger partial charge in [0, 0.05) is 32.6 Å². The molecule has 2 fully saturated rings. The second kappa shape index (κ2) is 11.7. The number of nitrogens with zero attached hydrogens (tertiary/aromatic N) is 2. The molecule has 3 N–H and O–H groups in total. The standard InChI is InChI=1S/C30H40N4O4/c1-4-29(2,31)27(36)32-25(20-38-19-22-12-7-5-8-13-22)26(35)34-17-11-16-30(21-34)24(18-33(3)28(30)37)23-14-9-6-10-15-23/h5-10,12-15,24-25H,4,11,16-21,31H2,1-3H3,(H,32,36)/t24?,25?,29?,30-/m0/s1. The fourth-order valence-electron chi connectivity index (χ4n) is 5.65. The van der Waals surface area contributed by atoms with Crippen LogP contribution in [0.15, 0.2) is 60.7 Å². The molecule has 0 saturated carbocycles. The van der Waals surface area contributed by atoms with Crippen molar-refractivity contribution < 1.29 is 19.1 Å². The van der Waals surface area contributed by atoms with Crippen LogP contribution >= 0.6 is 0 Å². The van der Waals surface area contributed by atoms with E-state index in [1.807, 2.05) is 62.5 Å². The number of likely N-dealkylation sites (tertiary alicyclic amines) is 2. The Bertz CT molecular complexity index is 1120. The minimum Gasteiger partial charge on any atom is -0.374 e. The van der Waals surface area contributed by atoms with E-state index in [1.165, 1.54) is 0 Å². The van der Waals surface area contributed by atoms with Crippen molar-refractivity contribution in [3.8, 4) is 0 Å². The first kappa shape index (κ1) is 27.8. The molecule has 0 aliphatic carbocycles. The van der Waals surface area contributed by atoms with E-state index in [0.29, 0.717) is 39.1 Å². The van der Waals surface area contributed by atoms with Crippen LogP contribution in [0, 0.1) is 5.41 Å². The van der Waals surface area contributed by atoms with Gasteiger partial charge in [-0.15, -0.1) is 0 Å². The minimum atomic E-state index is -1.11. The Labute approximate surface area is 225 Å². The van der Waals surface area contributed by atoms with E-state index in [1.54, 1.807) is 16.7 Å². The Morgan fingerprint density at radius 2 is 1.82 bits per heavy atom. The lowest BCUT2D eigenvalue weighted by atomic mass is 9.69. The van der Waals surface area contributed by atoms with Crippen LogP contribution in [0.2, 0.25) is 0 Å². The van der Waals surface area contributed by atoms with Crippen LogP contribution in [0.4, 0.5) is 0 Å². The van der Waals surface area contributed by atoms with E-state index in [4.69, 9.17) is 10.5 Å². The van der Waals surface area contributed by atoms with Gasteiger partial charge in [-0.2, -0.15) is 0 Å². The molecule has 204 valence electrons. The van der Waals surface area contributed by atoms with E-state index in [-0.39, 0.29) is 24.3 Å². The summed E-state index contributed by atoms with van der Waals surface area (Å²) in [5, 5.41) is 2.86. The number of rotatable bonds is 9. The monoisotopic (exact) mass is 520 g/mol. The normalized spacial score (nSPS) is 23.8. The van der Waals surface area contributed by atoms with Crippen molar-refractivity contribution in [1.29, 1.82) is 0 Å². The molecule has 2 aromatic rings. The number of nitrogens with two attached hydrogens (primary N) is 1. The van der Waals surface area contributed by atoms with Crippen LogP contribution in [0.1, 0.15) is 50.2 Å². The maximum atomic E-state index is 13.9. The molecule has 0 aromatic heterocycles. The molecule has 3 amide bonds. The Kier molecular flexibility index (Phi) is 8.53. The number of nitrogens with one attached hydrogen (secondary N) is 1. The summed E-state index contributed by atoms with van der Waals surface area (Å²) in [7, 11) is 1.83. The number of piperidine rings is 1. The molecular formula is C30H40N4O4. The van der Waals surface area contributed by atoms with E-state index in [0.717, 1.165) is 17.5 Å². The third-order valence-electron chi connectivity index (χ3n) is 8.19. The number of carbonyl (C=O) groups excluding carboxylic acids is 3. The van der Waals surface area contributed by atoms with E-state index < -0.39 is 22.9 Å². The molecule has 4 rings (SSSR count). The third-order valence-corrected chi connectivity index (χ3v) is 8.19. The predicted octanol–water partition coefficient (Wildman–Crippen LogP) is 2.68. The average molecular weight is 521 g/mol. The summed E-state index contributed by atoms with van der Waals surface area (Å²) < 4.78 is 5.91. The van der Waals surface area contributed by atoms with Gasteiger partial charge in [0.1, 0.15) is 6.04 Å². The number of hydrogen-bond acceptors (Lipinski definition) is 5. The van der Waals surface area contributed by atoms with Crippen LogP contribution in [0.25, 0.3) is 0 Å². The van der Waals surface area contributed by atoms with Gasteiger partial charge in [-0.1, -0.05) is 67.6 Å². The largest absolute Gasteiger partial charge is 0.374 e. The third kappa shape index (κ3) is 5.76. The molecular weight excluding hydrogens is 480 g/mol. The SMILES string of the molecule is CCC(C)(N)C(=O)NC(COCc1ccccc1)C(=O)N1CCC[C@@]2(C1)C(=O)N(C)CC2c1ccccc1. The Hall–Kier alpha value is -3.23. The van der Waals surface area contributed by atoms with Crippen LogP contribution in [-0.2, 0) is 25.7 Å². The first-order chi connectivity index (χ1) is 18.2. The number of likely N-dealkylation sites (N-methyl/N-ethyl adjacent to an activating group) is 1. The smallest absolute Gasteiger partial charge is 0.247 e. The molecule has 3 unspecified atom stereocenters. The second-order valence-corrected chi connectivity index (χ2v) is 11.0. The van der Waals surface area contributed by atoms with E-state index in [2.05, 4.69) is 17.4 Å². The van der Waals surface area contributed by atoms with Gasteiger partial charge in [-0.25, -0.2) is 0 Å².